The number of nitrogens with zero attached hydrogens (tertiary/aromatic N) is 3. The number of ketones is 1. The standard InChI is InChI=1S/C30H30N4O5/c1-16-10-11-17(30(2,3)4)13-18(16)26(35)24-25(19-9-7-8-12-31-19)34(28(37)27(24)36)29-32-20-14-22(38-5)23(39-6)15-21(20)33-29/h7-15,25,35H,1-6H3,(H,32,33)/b26-24+. The Kier molecular flexibility index (Phi) is 6.38. The fourth-order valence-corrected chi connectivity index (χ4v) is 4.79. The summed E-state index contributed by atoms with van der Waals surface area (Å²) in [7, 11) is 3.05. The lowest BCUT2D eigenvalue weighted by molar-refractivity contribution is -0.132. The molecular formula is C30H30N4O5. The van der Waals surface area contributed by atoms with Crippen molar-refractivity contribution in [1.29, 1.82) is 0 Å². The summed E-state index contributed by atoms with van der Waals surface area (Å²) in [6.07, 6.45) is 1.58. The Morgan fingerprint density at radius 1 is 1.03 bits per heavy atom. The van der Waals surface area contributed by atoms with Crippen molar-refractivity contribution in [3.63, 3.8) is 0 Å². The molecule has 1 atom stereocenters. The lowest BCUT2D eigenvalue weighted by Crippen LogP contribution is -2.30. The van der Waals surface area contributed by atoms with E-state index >= 15 is 0 Å². The molecule has 1 amide bonds. The van der Waals surface area contributed by atoms with Crippen LogP contribution in [0, 0.1) is 6.92 Å². The number of aromatic amines is 1. The first-order chi connectivity index (χ1) is 18.5. The smallest absolute Gasteiger partial charge is 0.302 e. The van der Waals surface area contributed by atoms with Gasteiger partial charge in [-0.25, -0.2) is 4.98 Å². The molecule has 1 aliphatic rings. The topological polar surface area (TPSA) is 118 Å². The van der Waals surface area contributed by atoms with Crippen LogP contribution in [0.3, 0.4) is 0 Å². The number of methoxy groups -OCH3 is 2. The highest BCUT2D eigenvalue weighted by molar-refractivity contribution is 6.51. The van der Waals surface area contributed by atoms with E-state index in [9.17, 15) is 14.7 Å². The van der Waals surface area contributed by atoms with Crippen molar-refractivity contribution in [2.45, 2.75) is 39.2 Å². The summed E-state index contributed by atoms with van der Waals surface area (Å²) < 4.78 is 10.8. The van der Waals surface area contributed by atoms with Crippen LogP contribution in [0.1, 0.15) is 49.2 Å². The van der Waals surface area contributed by atoms with Gasteiger partial charge < -0.3 is 19.6 Å². The highest BCUT2D eigenvalue weighted by Crippen LogP contribution is 2.42. The number of nitrogens with one attached hydrogen (secondary N) is 1. The van der Waals surface area contributed by atoms with Crippen LogP contribution in [0.25, 0.3) is 16.8 Å². The van der Waals surface area contributed by atoms with Crippen LogP contribution in [-0.4, -0.2) is 46.0 Å². The molecule has 2 aromatic heterocycles. The minimum Gasteiger partial charge on any atom is -0.507 e. The number of rotatable bonds is 5. The van der Waals surface area contributed by atoms with Gasteiger partial charge in [-0.2, -0.15) is 0 Å². The van der Waals surface area contributed by atoms with E-state index < -0.39 is 17.7 Å². The number of aryl methyl sites for hydroxylation is 1. The van der Waals surface area contributed by atoms with Crippen molar-refractivity contribution in [3.05, 3.63) is 82.7 Å². The first-order valence-electron chi connectivity index (χ1n) is 12.5. The van der Waals surface area contributed by atoms with Gasteiger partial charge in [0.05, 0.1) is 36.5 Å². The van der Waals surface area contributed by atoms with Crippen molar-refractivity contribution in [2.24, 2.45) is 0 Å². The molecule has 5 rings (SSSR count). The molecule has 9 heteroatoms. The van der Waals surface area contributed by atoms with Crippen LogP contribution in [0.15, 0.2) is 60.3 Å². The van der Waals surface area contributed by atoms with Crippen LogP contribution >= 0.6 is 0 Å². The fraction of sp³-hybridized carbons (Fsp3) is 0.267. The summed E-state index contributed by atoms with van der Waals surface area (Å²) in [5.74, 6) is -0.806. The second kappa shape index (κ2) is 9.58. The average Bonchev–Trinajstić information content (AvgIpc) is 3.44. The largest absolute Gasteiger partial charge is 0.507 e. The maximum atomic E-state index is 13.6. The zero-order valence-electron chi connectivity index (χ0n) is 22.7. The van der Waals surface area contributed by atoms with Gasteiger partial charge in [-0.15, -0.1) is 0 Å². The third kappa shape index (κ3) is 4.39. The van der Waals surface area contributed by atoms with Gasteiger partial charge in [0.2, 0.25) is 5.95 Å². The highest BCUT2D eigenvalue weighted by Gasteiger charge is 2.49. The second-order valence-corrected chi connectivity index (χ2v) is 10.5. The molecule has 3 heterocycles. The number of ether oxygens (including phenoxy) is 2. The number of hydrogen-bond donors (Lipinski definition) is 2. The van der Waals surface area contributed by atoms with E-state index in [1.54, 1.807) is 36.5 Å². The molecule has 39 heavy (non-hydrogen) atoms. The molecule has 4 aromatic rings. The average molecular weight is 527 g/mol. The van der Waals surface area contributed by atoms with Crippen LogP contribution in [0.5, 0.6) is 11.5 Å². The number of imidazole rings is 1. The summed E-state index contributed by atoms with van der Waals surface area (Å²) in [6.45, 7) is 8.06. The molecule has 1 unspecified atom stereocenters. The number of aliphatic hydroxyl groups is 1. The van der Waals surface area contributed by atoms with E-state index in [2.05, 4.69) is 35.7 Å². The lowest BCUT2D eigenvalue weighted by Gasteiger charge is -2.23. The van der Waals surface area contributed by atoms with Gasteiger partial charge in [-0.1, -0.05) is 39.0 Å². The molecular weight excluding hydrogens is 496 g/mol. The molecule has 1 saturated heterocycles. The van der Waals surface area contributed by atoms with Crippen molar-refractivity contribution >= 4 is 34.4 Å². The summed E-state index contributed by atoms with van der Waals surface area (Å²) >= 11 is 0. The van der Waals surface area contributed by atoms with Gasteiger partial charge in [0.25, 0.3) is 5.78 Å². The van der Waals surface area contributed by atoms with E-state index in [1.165, 1.54) is 19.1 Å². The molecule has 2 N–H and O–H groups in total. The third-order valence-corrected chi connectivity index (χ3v) is 6.97. The maximum Gasteiger partial charge on any atom is 0.302 e. The SMILES string of the molecule is COc1cc2nc(N3C(=O)C(=O)/C(=C(/O)c4cc(C(C)(C)C)ccc4C)C3c3ccccn3)[nH]c2cc1OC. The van der Waals surface area contributed by atoms with Crippen LogP contribution in [0.2, 0.25) is 0 Å². The molecule has 0 spiro atoms. The number of benzene rings is 2. The molecule has 0 aliphatic carbocycles. The Bertz CT molecular complexity index is 1590. The fourth-order valence-electron chi connectivity index (χ4n) is 4.79. The van der Waals surface area contributed by atoms with Gasteiger partial charge in [-0.3, -0.25) is 19.5 Å². The molecule has 1 fully saturated rings. The van der Waals surface area contributed by atoms with Gasteiger partial charge in [-0.05, 0) is 41.7 Å². The van der Waals surface area contributed by atoms with E-state index in [-0.39, 0.29) is 22.7 Å². The van der Waals surface area contributed by atoms with Crippen LogP contribution in [0.4, 0.5) is 5.95 Å². The number of pyridine rings is 1. The second-order valence-electron chi connectivity index (χ2n) is 10.5. The molecule has 0 radical (unpaired) electrons. The Morgan fingerprint density at radius 3 is 2.38 bits per heavy atom. The predicted molar refractivity (Wildman–Crippen MR) is 148 cm³/mol. The molecule has 0 bridgehead atoms. The van der Waals surface area contributed by atoms with E-state index in [4.69, 9.17) is 9.47 Å². The minimum atomic E-state index is -1.01. The zero-order valence-corrected chi connectivity index (χ0v) is 22.7. The number of anilines is 1. The molecule has 200 valence electrons. The summed E-state index contributed by atoms with van der Waals surface area (Å²) in [6, 6.07) is 13.4. The number of amides is 1. The summed E-state index contributed by atoms with van der Waals surface area (Å²) in [5.41, 5.74) is 3.51. The number of hydrogen-bond acceptors (Lipinski definition) is 7. The number of H-pyrrole nitrogens is 1. The van der Waals surface area contributed by atoms with Crippen molar-refractivity contribution < 1.29 is 24.2 Å². The number of aliphatic hydroxyl groups excluding tert-OH is 1. The Labute approximate surface area is 226 Å². The predicted octanol–water partition coefficient (Wildman–Crippen LogP) is 5.21. The number of Topliss-reactive ketones (excluding diaryl/α,β-unsaturated/α-hetero) is 1. The summed E-state index contributed by atoms with van der Waals surface area (Å²) in [4.78, 5) is 40.6. The maximum absolute atomic E-state index is 13.6. The quantitative estimate of drug-likeness (QED) is 0.208. The monoisotopic (exact) mass is 526 g/mol. The first-order valence-corrected chi connectivity index (χ1v) is 12.5. The number of carbonyl (C=O) groups is 2. The first kappa shape index (κ1) is 26.0. The van der Waals surface area contributed by atoms with Crippen molar-refractivity contribution in [3.8, 4) is 11.5 Å². The van der Waals surface area contributed by atoms with E-state index in [0.717, 1.165) is 11.1 Å². The number of fused-ring (bicyclic) bond motifs is 1. The molecule has 0 saturated carbocycles. The van der Waals surface area contributed by atoms with Gasteiger partial charge in [0.15, 0.2) is 11.5 Å². The van der Waals surface area contributed by atoms with Gasteiger partial charge >= 0.3 is 5.91 Å². The lowest BCUT2D eigenvalue weighted by atomic mass is 9.84. The van der Waals surface area contributed by atoms with Crippen LogP contribution in [-0.2, 0) is 15.0 Å². The van der Waals surface area contributed by atoms with Crippen molar-refractivity contribution in [2.75, 3.05) is 19.1 Å². The zero-order chi connectivity index (χ0) is 28.1. The normalized spacial score (nSPS) is 17.2. The molecule has 9 nitrogen and oxygen atoms in total. The van der Waals surface area contributed by atoms with Gasteiger partial charge in [0, 0.05) is 23.9 Å². The van der Waals surface area contributed by atoms with Gasteiger partial charge in [0.1, 0.15) is 11.8 Å². The van der Waals surface area contributed by atoms with E-state index in [1.807, 2.05) is 25.1 Å². The van der Waals surface area contributed by atoms with E-state index in [0.29, 0.717) is 33.8 Å². The minimum absolute atomic E-state index is 0.0523. The highest BCUT2D eigenvalue weighted by atomic mass is 16.5. The van der Waals surface area contributed by atoms with Crippen LogP contribution < -0.4 is 14.4 Å². The molecule has 1 aliphatic heterocycles. The van der Waals surface area contributed by atoms with Crippen molar-refractivity contribution in [1.82, 2.24) is 15.0 Å². The number of aromatic nitrogens is 3. The third-order valence-electron chi connectivity index (χ3n) is 6.97. The Morgan fingerprint density at radius 2 is 1.74 bits per heavy atom. The summed E-state index contributed by atoms with van der Waals surface area (Å²) in [5, 5.41) is 11.6. The number of carbonyl (C=O) groups excluding carboxylic acids is 2. The Balaban J connectivity index is 1.73. The molecule has 2 aromatic carbocycles. The Hall–Kier alpha value is -4.66.